The van der Waals surface area contributed by atoms with Gasteiger partial charge in [-0.15, -0.1) is 0 Å². The van der Waals surface area contributed by atoms with Crippen LogP contribution < -0.4 is 0 Å². The summed E-state index contributed by atoms with van der Waals surface area (Å²) in [7, 11) is 0. The topological polar surface area (TPSA) is 119 Å². The molecule has 0 unspecified atom stereocenters. The summed E-state index contributed by atoms with van der Waals surface area (Å²) in [5.41, 5.74) is 0.437. The van der Waals surface area contributed by atoms with Crippen LogP contribution in [-0.2, 0) is 19.0 Å². The van der Waals surface area contributed by atoms with Gasteiger partial charge in [-0.2, -0.15) is 0 Å². The summed E-state index contributed by atoms with van der Waals surface area (Å²) in [6.07, 6.45) is -3.07. The Kier molecular flexibility index (Phi) is 5.71. The van der Waals surface area contributed by atoms with E-state index in [9.17, 15) is 24.6 Å². The number of benzene rings is 2. The number of aliphatic hydroxyl groups excluding tert-OH is 2. The van der Waals surface area contributed by atoms with E-state index in [1.54, 1.807) is 36.4 Å². The van der Waals surface area contributed by atoms with Crippen molar-refractivity contribution in [3.05, 3.63) is 83.3 Å². The molecule has 2 atom stereocenters. The molecule has 0 fully saturated rings. The highest BCUT2D eigenvalue weighted by Crippen LogP contribution is 2.25. The monoisotopic (exact) mass is 384 g/mol. The van der Waals surface area contributed by atoms with Crippen LogP contribution in [-0.4, -0.2) is 46.9 Å². The maximum absolute atomic E-state index is 12.0. The number of esters is 3. The molecule has 0 amide bonds. The largest absolute Gasteiger partial charge is 0.505 e. The first-order valence-electron chi connectivity index (χ1n) is 8.29. The van der Waals surface area contributed by atoms with Gasteiger partial charge in [-0.05, 0) is 24.3 Å². The molecule has 0 spiro atoms. The molecule has 2 aromatic rings. The van der Waals surface area contributed by atoms with E-state index < -0.39 is 48.2 Å². The number of carbonyl (C=O) groups is 3. The van der Waals surface area contributed by atoms with Crippen LogP contribution in [0.1, 0.15) is 20.7 Å². The first-order valence-corrected chi connectivity index (χ1v) is 8.29. The fourth-order valence-corrected chi connectivity index (χ4v) is 2.45. The van der Waals surface area contributed by atoms with E-state index in [1.807, 2.05) is 0 Å². The Morgan fingerprint density at radius 2 is 1.50 bits per heavy atom. The van der Waals surface area contributed by atoms with Gasteiger partial charge in [0, 0.05) is 0 Å². The zero-order valence-electron chi connectivity index (χ0n) is 14.5. The maximum atomic E-state index is 12.0. The fourth-order valence-electron chi connectivity index (χ4n) is 2.45. The first kappa shape index (κ1) is 19.1. The van der Waals surface area contributed by atoms with E-state index in [0.29, 0.717) is 0 Å². The first-order chi connectivity index (χ1) is 13.5. The molecule has 1 heterocycles. The quantitative estimate of drug-likeness (QED) is 0.571. The van der Waals surface area contributed by atoms with Crippen molar-refractivity contribution in [3.8, 4) is 0 Å². The molecule has 0 radical (unpaired) electrons. The van der Waals surface area contributed by atoms with Crippen molar-refractivity contribution in [2.24, 2.45) is 0 Å². The standard InChI is InChI=1S/C20H16O8/c21-14(11-26-18(23)12-7-3-1-4-8-12)16-15(22)17(20(25)27-16)28-19(24)13-9-5-2-6-10-13/h1-10,14,16,21-22H,11H2/t14-,16+/m0/s1. The summed E-state index contributed by atoms with van der Waals surface area (Å²) in [6, 6.07) is 15.9. The van der Waals surface area contributed by atoms with Crippen molar-refractivity contribution >= 4 is 17.9 Å². The number of rotatable bonds is 6. The molecule has 0 aromatic heterocycles. The van der Waals surface area contributed by atoms with Crippen LogP contribution >= 0.6 is 0 Å². The van der Waals surface area contributed by atoms with Gasteiger partial charge in [0.1, 0.15) is 12.7 Å². The minimum atomic E-state index is -1.55. The van der Waals surface area contributed by atoms with Gasteiger partial charge in [0.05, 0.1) is 11.1 Å². The molecule has 144 valence electrons. The van der Waals surface area contributed by atoms with Crippen molar-refractivity contribution in [1.82, 2.24) is 0 Å². The van der Waals surface area contributed by atoms with Crippen LogP contribution in [0.4, 0.5) is 0 Å². The van der Waals surface area contributed by atoms with Gasteiger partial charge < -0.3 is 24.4 Å². The SMILES string of the molecule is O=C1O[C@H]([C@@H](O)COC(=O)c2ccccc2)C(O)=C1OC(=O)c1ccccc1. The predicted octanol–water partition coefficient (Wildman–Crippen LogP) is 1.76. The smallest absolute Gasteiger partial charge is 0.378 e. The highest BCUT2D eigenvalue weighted by Gasteiger charge is 2.42. The average Bonchev–Trinajstić information content (AvgIpc) is 3.01. The summed E-state index contributed by atoms with van der Waals surface area (Å²) < 4.78 is 14.7. The van der Waals surface area contributed by atoms with Crippen LogP contribution in [0.3, 0.4) is 0 Å². The highest BCUT2D eigenvalue weighted by atomic mass is 16.6. The zero-order valence-corrected chi connectivity index (χ0v) is 14.5. The number of hydrogen-bond acceptors (Lipinski definition) is 8. The molecule has 2 N–H and O–H groups in total. The number of aliphatic hydroxyl groups is 2. The molecule has 28 heavy (non-hydrogen) atoms. The third-order valence-corrected chi connectivity index (χ3v) is 3.87. The summed E-state index contributed by atoms with van der Waals surface area (Å²) in [6.45, 7) is -0.546. The minimum Gasteiger partial charge on any atom is -0.505 e. The molecule has 0 saturated carbocycles. The van der Waals surface area contributed by atoms with Crippen LogP contribution in [0.2, 0.25) is 0 Å². The van der Waals surface area contributed by atoms with Crippen molar-refractivity contribution in [2.75, 3.05) is 6.61 Å². The van der Waals surface area contributed by atoms with Crippen LogP contribution in [0, 0.1) is 0 Å². The van der Waals surface area contributed by atoms with Gasteiger partial charge in [-0.25, -0.2) is 14.4 Å². The summed E-state index contributed by atoms with van der Waals surface area (Å²) >= 11 is 0. The van der Waals surface area contributed by atoms with Crippen molar-refractivity contribution in [1.29, 1.82) is 0 Å². The fraction of sp³-hybridized carbons (Fsp3) is 0.150. The number of carbonyl (C=O) groups excluding carboxylic acids is 3. The highest BCUT2D eigenvalue weighted by molar-refractivity contribution is 5.97. The lowest BCUT2D eigenvalue weighted by Gasteiger charge is -2.17. The Balaban J connectivity index is 1.63. The van der Waals surface area contributed by atoms with Gasteiger partial charge in [0.25, 0.3) is 5.76 Å². The Bertz CT molecular complexity index is 904. The molecule has 8 nitrogen and oxygen atoms in total. The molecular weight excluding hydrogens is 368 g/mol. The minimum absolute atomic E-state index is 0.163. The lowest BCUT2D eigenvalue weighted by molar-refractivity contribution is -0.148. The van der Waals surface area contributed by atoms with Crippen LogP contribution in [0.5, 0.6) is 0 Å². The molecule has 8 heteroatoms. The molecule has 1 aliphatic heterocycles. The molecule has 1 aliphatic rings. The Morgan fingerprint density at radius 1 is 0.964 bits per heavy atom. The molecule has 0 aliphatic carbocycles. The second-order valence-corrected chi connectivity index (χ2v) is 5.83. The van der Waals surface area contributed by atoms with Crippen molar-refractivity contribution in [3.63, 3.8) is 0 Å². The normalized spacial score (nSPS) is 17.0. The van der Waals surface area contributed by atoms with E-state index in [0.717, 1.165) is 0 Å². The van der Waals surface area contributed by atoms with Gasteiger partial charge in [-0.3, -0.25) is 0 Å². The lowest BCUT2D eigenvalue weighted by atomic mass is 10.2. The Hall–Kier alpha value is -3.65. The van der Waals surface area contributed by atoms with E-state index in [-0.39, 0.29) is 11.1 Å². The number of cyclic esters (lactones) is 1. The van der Waals surface area contributed by atoms with Crippen LogP contribution in [0.15, 0.2) is 72.2 Å². The molecule has 2 aromatic carbocycles. The molecule has 3 rings (SSSR count). The lowest BCUT2D eigenvalue weighted by Crippen LogP contribution is -2.33. The van der Waals surface area contributed by atoms with Crippen molar-refractivity contribution < 1.29 is 38.8 Å². The predicted molar refractivity (Wildman–Crippen MR) is 94.1 cm³/mol. The average molecular weight is 384 g/mol. The summed E-state index contributed by atoms with van der Waals surface area (Å²) in [5, 5.41) is 20.2. The van der Waals surface area contributed by atoms with E-state index in [1.165, 1.54) is 24.3 Å². The second-order valence-electron chi connectivity index (χ2n) is 5.83. The third kappa shape index (κ3) is 4.18. The third-order valence-electron chi connectivity index (χ3n) is 3.87. The summed E-state index contributed by atoms with van der Waals surface area (Å²) in [5.74, 6) is -4.14. The second kappa shape index (κ2) is 8.36. The Labute approximate surface area is 159 Å². The summed E-state index contributed by atoms with van der Waals surface area (Å²) in [4.78, 5) is 35.8. The van der Waals surface area contributed by atoms with E-state index in [2.05, 4.69) is 0 Å². The van der Waals surface area contributed by atoms with Crippen molar-refractivity contribution in [2.45, 2.75) is 12.2 Å². The van der Waals surface area contributed by atoms with Gasteiger partial charge in [-0.1, -0.05) is 36.4 Å². The molecule has 0 bridgehead atoms. The number of ether oxygens (including phenoxy) is 3. The molecular formula is C20H16O8. The van der Waals surface area contributed by atoms with Gasteiger partial charge in [0.15, 0.2) is 11.9 Å². The van der Waals surface area contributed by atoms with Gasteiger partial charge in [0.2, 0.25) is 0 Å². The van der Waals surface area contributed by atoms with Crippen LogP contribution in [0.25, 0.3) is 0 Å². The maximum Gasteiger partial charge on any atom is 0.378 e. The van der Waals surface area contributed by atoms with E-state index >= 15 is 0 Å². The zero-order chi connectivity index (χ0) is 20.1. The molecule has 0 saturated heterocycles. The number of hydrogen-bond donors (Lipinski definition) is 2. The van der Waals surface area contributed by atoms with E-state index in [4.69, 9.17) is 14.2 Å². The van der Waals surface area contributed by atoms with Gasteiger partial charge >= 0.3 is 17.9 Å². The Morgan fingerprint density at radius 3 is 2.07 bits per heavy atom.